The van der Waals surface area contributed by atoms with E-state index in [-0.39, 0.29) is 16.7 Å². The number of carbonyl (C=O) groups excluding carboxylic acids is 2. The van der Waals surface area contributed by atoms with Gasteiger partial charge in [0.05, 0.1) is 16.3 Å². The summed E-state index contributed by atoms with van der Waals surface area (Å²) in [5.41, 5.74) is 0.783. The average Bonchev–Trinajstić information content (AvgIpc) is 3.18. The third-order valence-corrected chi connectivity index (χ3v) is 4.86. The maximum atomic E-state index is 13.4. The number of aromatic nitrogens is 2. The summed E-state index contributed by atoms with van der Waals surface area (Å²) in [5.74, 6) is -1.18. The van der Waals surface area contributed by atoms with Crippen molar-refractivity contribution in [3.63, 3.8) is 0 Å². The van der Waals surface area contributed by atoms with Crippen molar-refractivity contribution in [1.29, 1.82) is 0 Å². The van der Waals surface area contributed by atoms with Gasteiger partial charge in [0.15, 0.2) is 0 Å². The highest BCUT2D eigenvalue weighted by Gasteiger charge is 2.24. The van der Waals surface area contributed by atoms with Crippen LogP contribution >= 0.6 is 0 Å². The van der Waals surface area contributed by atoms with E-state index in [0.717, 1.165) is 6.07 Å². The van der Waals surface area contributed by atoms with E-state index in [4.69, 9.17) is 0 Å². The van der Waals surface area contributed by atoms with Gasteiger partial charge in [-0.3, -0.25) is 19.7 Å². The van der Waals surface area contributed by atoms with Crippen LogP contribution in [0.15, 0.2) is 54.6 Å². The number of nitrogens with zero attached hydrogens (tertiary/aromatic N) is 3. The minimum Gasteiger partial charge on any atom is -0.341 e. The number of halogens is 1. The molecule has 2 amide bonds. The number of nitro benzene ring substituents is 1. The Hall–Kier alpha value is -4.08. The summed E-state index contributed by atoms with van der Waals surface area (Å²) in [6.07, 6.45) is 0. The van der Waals surface area contributed by atoms with Gasteiger partial charge in [0.2, 0.25) is 5.91 Å². The molecule has 2 aromatic carbocycles. The van der Waals surface area contributed by atoms with Gasteiger partial charge in [0.25, 0.3) is 11.6 Å². The van der Waals surface area contributed by atoms with Crippen LogP contribution in [0.1, 0.15) is 43.7 Å². The molecule has 3 rings (SSSR count). The molecule has 0 aliphatic rings. The standard InChI is InChI=1S/C23H24FN5O4/c1-14(25-22(31)15-6-5-7-18(12-15)29(32)33)21(30)26-20-13-19(23(2,3)4)27-28(20)17-10-8-16(24)9-11-17/h5-14H,1-4H3,(H,25,31)(H,26,30). The van der Waals surface area contributed by atoms with Gasteiger partial charge >= 0.3 is 0 Å². The van der Waals surface area contributed by atoms with Crippen LogP contribution in [0.3, 0.4) is 0 Å². The molecule has 1 unspecified atom stereocenters. The highest BCUT2D eigenvalue weighted by atomic mass is 19.1. The van der Waals surface area contributed by atoms with Crippen LogP contribution in [0.5, 0.6) is 0 Å². The van der Waals surface area contributed by atoms with E-state index in [1.165, 1.54) is 54.1 Å². The fourth-order valence-corrected chi connectivity index (χ4v) is 2.96. The fourth-order valence-electron chi connectivity index (χ4n) is 2.96. The summed E-state index contributed by atoms with van der Waals surface area (Å²) in [7, 11) is 0. The van der Waals surface area contributed by atoms with Crippen molar-refractivity contribution in [2.45, 2.75) is 39.2 Å². The summed E-state index contributed by atoms with van der Waals surface area (Å²) in [6, 6.07) is 11.7. The average molecular weight is 453 g/mol. The van der Waals surface area contributed by atoms with Gasteiger partial charge in [-0.2, -0.15) is 5.10 Å². The quantitative estimate of drug-likeness (QED) is 0.432. The normalized spacial score (nSPS) is 12.2. The summed E-state index contributed by atoms with van der Waals surface area (Å²) in [5, 5.41) is 20.8. The second-order valence-electron chi connectivity index (χ2n) is 8.54. The van der Waals surface area contributed by atoms with Crippen molar-refractivity contribution in [2.75, 3.05) is 5.32 Å². The van der Waals surface area contributed by atoms with E-state index in [1.54, 1.807) is 6.07 Å². The highest BCUT2D eigenvalue weighted by molar-refractivity contribution is 6.01. The van der Waals surface area contributed by atoms with Gasteiger partial charge in [-0.25, -0.2) is 9.07 Å². The van der Waals surface area contributed by atoms with Crippen molar-refractivity contribution in [1.82, 2.24) is 15.1 Å². The van der Waals surface area contributed by atoms with Crippen molar-refractivity contribution in [3.05, 3.63) is 81.8 Å². The predicted molar refractivity (Wildman–Crippen MR) is 121 cm³/mol. The molecule has 172 valence electrons. The number of non-ortho nitro benzene ring substituents is 1. The van der Waals surface area contributed by atoms with E-state index in [2.05, 4.69) is 15.7 Å². The molecule has 1 atom stereocenters. The van der Waals surface area contributed by atoms with E-state index in [0.29, 0.717) is 17.2 Å². The molecule has 1 heterocycles. The monoisotopic (exact) mass is 453 g/mol. The number of hydrogen-bond acceptors (Lipinski definition) is 5. The zero-order valence-electron chi connectivity index (χ0n) is 18.6. The zero-order chi connectivity index (χ0) is 24.3. The number of benzene rings is 2. The first-order chi connectivity index (χ1) is 15.5. The van der Waals surface area contributed by atoms with Crippen LogP contribution < -0.4 is 10.6 Å². The van der Waals surface area contributed by atoms with Crippen molar-refractivity contribution in [2.24, 2.45) is 0 Å². The molecule has 10 heteroatoms. The molecule has 0 radical (unpaired) electrons. The summed E-state index contributed by atoms with van der Waals surface area (Å²) < 4.78 is 14.9. The Morgan fingerprint density at radius 1 is 1.12 bits per heavy atom. The minimum absolute atomic E-state index is 0.0650. The second-order valence-corrected chi connectivity index (χ2v) is 8.54. The molecular weight excluding hydrogens is 429 g/mol. The van der Waals surface area contributed by atoms with Crippen molar-refractivity contribution in [3.8, 4) is 5.69 Å². The van der Waals surface area contributed by atoms with Crippen LogP contribution in [-0.4, -0.2) is 32.6 Å². The Labute approximate surface area is 189 Å². The zero-order valence-corrected chi connectivity index (χ0v) is 18.6. The van der Waals surface area contributed by atoms with Crippen LogP contribution in [-0.2, 0) is 10.2 Å². The molecule has 0 aliphatic carbocycles. The van der Waals surface area contributed by atoms with Gasteiger partial charge < -0.3 is 10.6 Å². The molecule has 1 aromatic heterocycles. The predicted octanol–water partition coefficient (Wildman–Crippen LogP) is 3.97. The molecule has 2 N–H and O–H groups in total. The molecule has 3 aromatic rings. The Bertz CT molecular complexity index is 1200. The Kier molecular flexibility index (Phi) is 6.57. The molecule has 0 fully saturated rings. The summed E-state index contributed by atoms with van der Waals surface area (Å²) in [6.45, 7) is 7.40. The highest BCUT2D eigenvalue weighted by Crippen LogP contribution is 2.26. The van der Waals surface area contributed by atoms with Crippen LogP contribution in [0.4, 0.5) is 15.9 Å². The number of anilines is 1. The molecule has 33 heavy (non-hydrogen) atoms. The van der Waals surface area contributed by atoms with Crippen molar-refractivity contribution < 1.29 is 18.9 Å². The minimum atomic E-state index is -0.952. The first-order valence-electron chi connectivity index (χ1n) is 10.2. The number of amides is 2. The Balaban J connectivity index is 1.80. The molecule has 0 saturated carbocycles. The largest absolute Gasteiger partial charge is 0.341 e. The SMILES string of the molecule is CC(NC(=O)c1cccc([N+](=O)[O-])c1)C(=O)Nc1cc(C(C)(C)C)nn1-c1ccc(F)cc1. The van der Waals surface area contributed by atoms with Gasteiger partial charge in [0.1, 0.15) is 17.7 Å². The lowest BCUT2D eigenvalue weighted by Crippen LogP contribution is -2.41. The molecule has 0 spiro atoms. The van der Waals surface area contributed by atoms with Crippen LogP contribution in [0.25, 0.3) is 5.69 Å². The topological polar surface area (TPSA) is 119 Å². The second kappa shape index (κ2) is 9.19. The van der Waals surface area contributed by atoms with E-state index in [1.807, 2.05) is 20.8 Å². The Morgan fingerprint density at radius 3 is 2.39 bits per heavy atom. The van der Waals surface area contributed by atoms with Crippen LogP contribution in [0, 0.1) is 15.9 Å². The molecule has 0 saturated heterocycles. The summed E-state index contributed by atoms with van der Waals surface area (Å²) >= 11 is 0. The maximum absolute atomic E-state index is 13.4. The number of hydrogen-bond donors (Lipinski definition) is 2. The van der Waals surface area contributed by atoms with Gasteiger partial charge in [-0.1, -0.05) is 26.8 Å². The van der Waals surface area contributed by atoms with E-state index >= 15 is 0 Å². The van der Waals surface area contributed by atoms with Crippen molar-refractivity contribution >= 4 is 23.3 Å². The van der Waals surface area contributed by atoms with Gasteiger partial charge in [0, 0.05) is 29.2 Å². The number of rotatable bonds is 6. The molecule has 9 nitrogen and oxygen atoms in total. The lowest BCUT2D eigenvalue weighted by Gasteiger charge is -2.15. The lowest BCUT2D eigenvalue weighted by atomic mass is 9.92. The van der Waals surface area contributed by atoms with Gasteiger partial charge in [-0.15, -0.1) is 0 Å². The molecule has 0 aliphatic heterocycles. The smallest absolute Gasteiger partial charge is 0.270 e. The molecular formula is C23H24FN5O4. The third-order valence-electron chi connectivity index (χ3n) is 4.86. The van der Waals surface area contributed by atoms with E-state index < -0.39 is 28.6 Å². The fraction of sp³-hybridized carbons (Fsp3) is 0.261. The summed E-state index contributed by atoms with van der Waals surface area (Å²) in [4.78, 5) is 35.6. The first kappa shape index (κ1) is 23.6. The maximum Gasteiger partial charge on any atom is 0.270 e. The Morgan fingerprint density at radius 2 is 1.79 bits per heavy atom. The lowest BCUT2D eigenvalue weighted by molar-refractivity contribution is -0.384. The van der Waals surface area contributed by atoms with Gasteiger partial charge in [-0.05, 0) is 37.3 Å². The van der Waals surface area contributed by atoms with Crippen LogP contribution in [0.2, 0.25) is 0 Å². The number of nitrogens with one attached hydrogen (secondary N) is 2. The molecule has 0 bridgehead atoms. The third kappa shape index (κ3) is 5.59. The first-order valence-corrected chi connectivity index (χ1v) is 10.2. The van der Waals surface area contributed by atoms with E-state index in [9.17, 15) is 24.1 Å². The number of carbonyl (C=O) groups is 2. The number of nitro groups is 1.